The van der Waals surface area contributed by atoms with Gasteiger partial charge in [-0.15, -0.1) is 0 Å². The average Bonchev–Trinajstić information content (AvgIpc) is 2.84. The molecule has 3 amide bonds. The minimum atomic E-state index is -0.597. The minimum absolute atomic E-state index is 0.0282. The molecule has 0 unspecified atom stereocenters. The lowest BCUT2D eigenvalue weighted by Gasteiger charge is -2.11. The number of ether oxygens (including phenoxy) is 1. The number of imide groups is 1. The second kappa shape index (κ2) is 6.78. The molecular weight excluding hydrogens is 412 g/mol. The molecule has 2 N–H and O–H groups in total. The SMILES string of the molecule is COc1cc(Br)cc(/C=C2/NC(=O)N(c3cccc(Cl)c3)C2=O)c1O. The number of hydrogen-bond acceptors (Lipinski definition) is 4. The van der Waals surface area contributed by atoms with Gasteiger partial charge in [-0.25, -0.2) is 9.69 Å². The van der Waals surface area contributed by atoms with Crippen LogP contribution in [0.15, 0.2) is 46.6 Å². The molecule has 25 heavy (non-hydrogen) atoms. The fourth-order valence-corrected chi connectivity index (χ4v) is 3.04. The standard InChI is InChI=1S/C17H12BrClN2O4/c1-25-14-7-10(18)5-9(15(14)22)6-13-16(23)21(17(24)20-13)12-4-2-3-11(19)8-12/h2-8,22H,1H3,(H,20,24)/b13-6+. The van der Waals surface area contributed by atoms with Crippen molar-refractivity contribution < 1.29 is 19.4 Å². The van der Waals surface area contributed by atoms with Crippen molar-refractivity contribution in [2.45, 2.75) is 0 Å². The lowest BCUT2D eigenvalue weighted by Crippen LogP contribution is -2.30. The van der Waals surface area contributed by atoms with Gasteiger partial charge in [-0.3, -0.25) is 4.79 Å². The molecule has 1 fully saturated rings. The molecule has 3 rings (SSSR count). The number of anilines is 1. The number of aromatic hydroxyl groups is 1. The van der Waals surface area contributed by atoms with Gasteiger partial charge in [0.1, 0.15) is 5.70 Å². The van der Waals surface area contributed by atoms with Gasteiger partial charge in [0.15, 0.2) is 11.5 Å². The van der Waals surface area contributed by atoms with Crippen LogP contribution >= 0.6 is 27.5 Å². The maximum atomic E-state index is 12.6. The minimum Gasteiger partial charge on any atom is -0.504 e. The van der Waals surface area contributed by atoms with E-state index in [4.69, 9.17) is 16.3 Å². The third-order valence-corrected chi connectivity index (χ3v) is 4.23. The molecule has 1 aliphatic heterocycles. The molecule has 1 aliphatic rings. The summed E-state index contributed by atoms with van der Waals surface area (Å²) in [6.07, 6.45) is 1.38. The third kappa shape index (κ3) is 3.33. The van der Waals surface area contributed by atoms with Gasteiger partial charge in [0, 0.05) is 15.1 Å². The van der Waals surface area contributed by atoms with Crippen molar-refractivity contribution in [2.24, 2.45) is 0 Å². The van der Waals surface area contributed by atoms with E-state index >= 15 is 0 Å². The van der Waals surface area contributed by atoms with Crippen molar-refractivity contribution in [3.05, 3.63) is 57.2 Å². The highest BCUT2D eigenvalue weighted by Gasteiger charge is 2.35. The van der Waals surface area contributed by atoms with E-state index in [0.29, 0.717) is 20.7 Å². The third-order valence-electron chi connectivity index (χ3n) is 3.53. The molecule has 0 aliphatic carbocycles. The van der Waals surface area contributed by atoms with Crippen LogP contribution in [0.3, 0.4) is 0 Å². The fourth-order valence-electron chi connectivity index (χ4n) is 2.40. The van der Waals surface area contributed by atoms with Crippen molar-refractivity contribution in [1.29, 1.82) is 0 Å². The van der Waals surface area contributed by atoms with Crippen LogP contribution in [0.25, 0.3) is 6.08 Å². The largest absolute Gasteiger partial charge is 0.504 e. The molecular formula is C17H12BrClN2O4. The van der Waals surface area contributed by atoms with Gasteiger partial charge in [0.05, 0.1) is 12.8 Å². The Bertz CT molecular complexity index is 914. The Morgan fingerprint density at radius 1 is 1.28 bits per heavy atom. The van der Waals surface area contributed by atoms with E-state index in [-0.39, 0.29) is 17.2 Å². The summed E-state index contributed by atoms with van der Waals surface area (Å²) in [6, 6.07) is 9.00. The summed E-state index contributed by atoms with van der Waals surface area (Å²) in [5, 5.41) is 13.1. The molecule has 0 saturated carbocycles. The first-order chi connectivity index (χ1) is 11.9. The van der Waals surface area contributed by atoms with Crippen molar-refractivity contribution in [3.8, 4) is 11.5 Å². The summed E-state index contributed by atoms with van der Waals surface area (Å²) in [5.41, 5.74) is 0.706. The van der Waals surface area contributed by atoms with Gasteiger partial charge >= 0.3 is 6.03 Å². The summed E-state index contributed by atoms with van der Waals surface area (Å²) >= 11 is 9.22. The maximum Gasteiger partial charge on any atom is 0.333 e. The van der Waals surface area contributed by atoms with Crippen LogP contribution in [0.1, 0.15) is 5.56 Å². The van der Waals surface area contributed by atoms with E-state index in [1.54, 1.807) is 30.3 Å². The number of benzene rings is 2. The van der Waals surface area contributed by atoms with Gasteiger partial charge in [0.25, 0.3) is 5.91 Å². The number of urea groups is 1. The Hall–Kier alpha value is -2.51. The molecule has 8 heteroatoms. The zero-order valence-corrected chi connectivity index (χ0v) is 15.3. The average molecular weight is 424 g/mol. The smallest absolute Gasteiger partial charge is 0.333 e. The molecule has 2 aromatic carbocycles. The Balaban J connectivity index is 2.00. The van der Waals surface area contributed by atoms with Crippen LogP contribution < -0.4 is 15.0 Å². The molecule has 0 atom stereocenters. The summed E-state index contributed by atoms with van der Waals surface area (Å²) in [5.74, 6) is -0.447. The predicted octanol–water partition coefficient (Wildman–Crippen LogP) is 3.91. The molecule has 0 bridgehead atoms. The summed E-state index contributed by atoms with van der Waals surface area (Å²) in [6.45, 7) is 0. The Morgan fingerprint density at radius 3 is 2.72 bits per heavy atom. The number of nitrogens with zero attached hydrogens (tertiary/aromatic N) is 1. The number of phenols is 1. The van der Waals surface area contributed by atoms with E-state index in [1.165, 1.54) is 19.3 Å². The van der Waals surface area contributed by atoms with E-state index in [0.717, 1.165) is 4.90 Å². The zero-order chi connectivity index (χ0) is 18.1. The maximum absolute atomic E-state index is 12.6. The lowest BCUT2D eigenvalue weighted by atomic mass is 10.1. The Morgan fingerprint density at radius 2 is 2.04 bits per heavy atom. The summed E-state index contributed by atoms with van der Waals surface area (Å²) in [7, 11) is 1.42. The number of halogens is 2. The van der Waals surface area contributed by atoms with Gasteiger partial charge < -0.3 is 15.2 Å². The van der Waals surface area contributed by atoms with Gasteiger partial charge in [0.2, 0.25) is 0 Å². The number of methoxy groups -OCH3 is 1. The number of nitrogens with one attached hydrogen (secondary N) is 1. The van der Waals surface area contributed by atoms with Gasteiger partial charge in [-0.05, 0) is 36.4 Å². The molecule has 6 nitrogen and oxygen atoms in total. The first-order valence-electron chi connectivity index (χ1n) is 7.10. The second-order valence-electron chi connectivity index (χ2n) is 5.15. The van der Waals surface area contributed by atoms with Gasteiger partial charge in [-0.2, -0.15) is 0 Å². The molecule has 0 aromatic heterocycles. The highest BCUT2D eigenvalue weighted by Crippen LogP contribution is 2.35. The van der Waals surface area contributed by atoms with Crippen molar-refractivity contribution in [1.82, 2.24) is 5.32 Å². The Kier molecular flexibility index (Phi) is 4.69. The van der Waals surface area contributed by atoms with E-state index in [1.807, 2.05) is 0 Å². The van der Waals surface area contributed by atoms with Crippen LogP contribution in [0, 0.1) is 0 Å². The van der Waals surface area contributed by atoms with Gasteiger partial charge in [-0.1, -0.05) is 33.6 Å². The zero-order valence-electron chi connectivity index (χ0n) is 12.9. The van der Waals surface area contributed by atoms with Crippen molar-refractivity contribution in [3.63, 3.8) is 0 Å². The van der Waals surface area contributed by atoms with Crippen LogP contribution in [0.5, 0.6) is 11.5 Å². The Labute approximate surface area is 156 Å². The monoisotopic (exact) mass is 422 g/mol. The summed E-state index contributed by atoms with van der Waals surface area (Å²) in [4.78, 5) is 25.8. The quantitative estimate of drug-likeness (QED) is 0.579. The molecule has 128 valence electrons. The molecule has 1 heterocycles. The van der Waals surface area contributed by atoms with E-state index in [2.05, 4.69) is 21.2 Å². The van der Waals surface area contributed by atoms with E-state index in [9.17, 15) is 14.7 Å². The number of carbonyl (C=O) groups excluding carboxylic acids is 2. The molecule has 2 aromatic rings. The van der Waals surface area contributed by atoms with E-state index < -0.39 is 11.9 Å². The lowest BCUT2D eigenvalue weighted by molar-refractivity contribution is -0.113. The predicted molar refractivity (Wildman–Crippen MR) is 97.8 cm³/mol. The van der Waals surface area contributed by atoms with Crippen LogP contribution in [0.4, 0.5) is 10.5 Å². The number of amides is 3. The number of phenolic OH excluding ortho intramolecular Hbond substituents is 1. The topological polar surface area (TPSA) is 78.9 Å². The normalized spacial score (nSPS) is 15.6. The molecule has 0 spiro atoms. The number of hydrogen-bond donors (Lipinski definition) is 2. The van der Waals surface area contributed by atoms with Crippen LogP contribution in [-0.2, 0) is 4.79 Å². The molecule has 0 radical (unpaired) electrons. The van der Waals surface area contributed by atoms with Crippen molar-refractivity contribution in [2.75, 3.05) is 12.0 Å². The van der Waals surface area contributed by atoms with Crippen LogP contribution in [0.2, 0.25) is 5.02 Å². The highest BCUT2D eigenvalue weighted by molar-refractivity contribution is 9.10. The molecule has 1 saturated heterocycles. The first kappa shape index (κ1) is 17.3. The first-order valence-corrected chi connectivity index (χ1v) is 8.27. The summed E-state index contributed by atoms with van der Waals surface area (Å²) < 4.78 is 5.73. The highest BCUT2D eigenvalue weighted by atomic mass is 79.9. The number of carbonyl (C=O) groups is 2. The van der Waals surface area contributed by atoms with Crippen molar-refractivity contribution >= 4 is 51.2 Å². The van der Waals surface area contributed by atoms with Crippen LogP contribution in [-0.4, -0.2) is 24.2 Å². The fraction of sp³-hybridized carbons (Fsp3) is 0.0588. The second-order valence-corrected chi connectivity index (χ2v) is 6.51. The number of rotatable bonds is 3.